The van der Waals surface area contributed by atoms with E-state index in [2.05, 4.69) is 15.1 Å². The second kappa shape index (κ2) is 6.56. The van der Waals surface area contributed by atoms with Crippen molar-refractivity contribution in [2.45, 2.75) is 24.8 Å². The number of unbranched alkanes of at least 4 members (excludes halogenated alkanes) is 1. The van der Waals surface area contributed by atoms with Gasteiger partial charge in [-0.25, -0.2) is 14.6 Å². The fraction of sp³-hybridized carbons (Fsp3) is 0.500. The molecule has 2 aromatic heterocycles. The molecule has 0 saturated heterocycles. The molecular formula is C12H16N4O3S. The molecule has 0 saturated carbocycles. The highest BCUT2D eigenvalue weighted by atomic mass is 32.2. The standard InChI is InChI=1S/C12H16N4O3S/c1-3-4-5-19-8(17)6-20-11-9-10(13-7-14-11)12(18)16(2)15-9/h7,18H,3-6H2,1-2H3. The Bertz CT molecular complexity index is 614. The summed E-state index contributed by atoms with van der Waals surface area (Å²) in [4.78, 5) is 19.6. The molecule has 0 aliphatic heterocycles. The third kappa shape index (κ3) is 3.19. The topological polar surface area (TPSA) is 90.1 Å². The fourth-order valence-electron chi connectivity index (χ4n) is 1.57. The first-order valence-electron chi connectivity index (χ1n) is 6.28. The van der Waals surface area contributed by atoms with Crippen molar-refractivity contribution in [2.75, 3.05) is 12.4 Å². The molecule has 0 fully saturated rings. The van der Waals surface area contributed by atoms with E-state index in [0.29, 0.717) is 22.7 Å². The van der Waals surface area contributed by atoms with E-state index in [4.69, 9.17) is 4.74 Å². The van der Waals surface area contributed by atoms with Gasteiger partial charge in [-0.3, -0.25) is 4.79 Å². The summed E-state index contributed by atoms with van der Waals surface area (Å²) in [6, 6.07) is 0. The zero-order valence-corrected chi connectivity index (χ0v) is 12.2. The van der Waals surface area contributed by atoms with Crippen LogP contribution in [-0.4, -0.2) is 43.2 Å². The third-order valence-corrected chi connectivity index (χ3v) is 3.60. The van der Waals surface area contributed by atoms with Crippen molar-refractivity contribution in [3.63, 3.8) is 0 Å². The van der Waals surface area contributed by atoms with Gasteiger partial charge in [0.25, 0.3) is 0 Å². The van der Waals surface area contributed by atoms with Crippen LogP contribution in [0.15, 0.2) is 11.4 Å². The Morgan fingerprint density at radius 2 is 2.25 bits per heavy atom. The lowest BCUT2D eigenvalue weighted by Crippen LogP contribution is -2.08. The summed E-state index contributed by atoms with van der Waals surface area (Å²) in [6.45, 7) is 2.48. The zero-order valence-electron chi connectivity index (χ0n) is 11.4. The largest absolute Gasteiger partial charge is 0.492 e. The van der Waals surface area contributed by atoms with E-state index >= 15 is 0 Å². The molecule has 0 aliphatic carbocycles. The van der Waals surface area contributed by atoms with Crippen molar-refractivity contribution in [3.05, 3.63) is 6.33 Å². The van der Waals surface area contributed by atoms with E-state index in [0.717, 1.165) is 12.8 Å². The van der Waals surface area contributed by atoms with Gasteiger partial charge < -0.3 is 9.84 Å². The number of carbonyl (C=O) groups excluding carboxylic acids is 1. The predicted octanol–water partition coefficient (Wildman–Crippen LogP) is 1.50. The SMILES string of the molecule is CCCCOC(=O)CSc1ncnc2c(O)n(C)nc12. The molecular weight excluding hydrogens is 280 g/mol. The predicted molar refractivity (Wildman–Crippen MR) is 74.6 cm³/mol. The fourth-order valence-corrected chi connectivity index (χ4v) is 2.31. The zero-order chi connectivity index (χ0) is 14.5. The van der Waals surface area contributed by atoms with Crippen molar-refractivity contribution >= 4 is 28.8 Å². The molecule has 7 nitrogen and oxygen atoms in total. The molecule has 0 radical (unpaired) electrons. The summed E-state index contributed by atoms with van der Waals surface area (Å²) in [5.74, 6) is -0.141. The minimum absolute atomic E-state index is 0.0187. The molecule has 108 valence electrons. The molecule has 0 aliphatic rings. The van der Waals surface area contributed by atoms with Crippen LogP contribution in [0.2, 0.25) is 0 Å². The highest BCUT2D eigenvalue weighted by Gasteiger charge is 2.15. The van der Waals surface area contributed by atoms with Crippen molar-refractivity contribution in [1.82, 2.24) is 19.7 Å². The van der Waals surface area contributed by atoms with Gasteiger partial charge in [-0.15, -0.1) is 0 Å². The smallest absolute Gasteiger partial charge is 0.316 e. The molecule has 2 aromatic rings. The number of ether oxygens (including phenoxy) is 1. The number of aromatic nitrogens is 4. The summed E-state index contributed by atoms with van der Waals surface area (Å²) in [5, 5.41) is 14.4. The number of hydrogen-bond donors (Lipinski definition) is 1. The molecule has 20 heavy (non-hydrogen) atoms. The monoisotopic (exact) mass is 296 g/mol. The van der Waals surface area contributed by atoms with Crippen LogP contribution in [-0.2, 0) is 16.6 Å². The van der Waals surface area contributed by atoms with Crippen LogP contribution in [0.25, 0.3) is 11.0 Å². The van der Waals surface area contributed by atoms with Crippen LogP contribution in [0.1, 0.15) is 19.8 Å². The van der Waals surface area contributed by atoms with Gasteiger partial charge >= 0.3 is 5.97 Å². The van der Waals surface area contributed by atoms with Gasteiger partial charge in [-0.2, -0.15) is 5.10 Å². The van der Waals surface area contributed by atoms with E-state index in [1.54, 1.807) is 7.05 Å². The van der Waals surface area contributed by atoms with Gasteiger partial charge in [-0.1, -0.05) is 25.1 Å². The van der Waals surface area contributed by atoms with Crippen LogP contribution in [0.3, 0.4) is 0 Å². The minimum atomic E-state index is -0.282. The van der Waals surface area contributed by atoms with E-state index in [-0.39, 0.29) is 17.6 Å². The van der Waals surface area contributed by atoms with E-state index in [1.807, 2.05) is 6.92 Å². The van der Waals surface area contributed by atoms with Gasteiger partial charge in [0.2, 0.25) is 5.88 Å². The number of nitrogens with zero attached hydrogens (tertiary/aromatic N) is 4. The van der Waals surface area contributed by atoms with Gasteiger partial charge in [0.15, 0.2) is 5.52 Å². The number of thioether (sulfide) groups is 1. The molecule has 2 rings (SSSR count). The second-order valence-electron chi connectivity index (χ2n) is 4.19. The van der Waals surface area contributed by atoms with E-state index in [9.17, 15) is 9.90 Å². The molecule has 0 bridgehead atoms. The molecule has 0 amide bonds. The summed E-state index contributed by atoms with van der Waals surface area (Å²) in [6.07, 6.45) is 3.19. The molecule has 0 unspecified atom stereocenters. The molecule has 8 heteroatoms. The van der Waals surface area contributed by atoms with Crippen LogP contribution >= 0.6 is 11.8 Å². The maximum Gasteiger partial charge on any atom is 0.316 e. The lowest BCUT2D eigenvalue weighted by Gasteiger charge is -2.03. The number of rotatable bonds is 6. The lowest BCUT2D eigenvalue weighted by molar-refractivity contribution is -0.140. The summed E-state index contributed by atoms with van der Waals surface area (Å²) in [5.41, 5.74) is 0.864. The average molecular weight is 296 g/mol. The number of aryl methyl sites for hydroxylation is 1. The highest BCUT2D eigenvalue weighted by molar-refractivity contribution is 8.00. The first kappa shape index (κ1) is 14.6. The number of hydrogen-bond acceptors (Lipinski definition) is 7. The number of aromatic hydroxyl groups is 1. The summed E-state index contributed by atoms with van der Waals surface area (Å²) >= 11 is 1.23. The molecule has 0 spiro atoms. The normalized spacial score (nSPS) is 10.9. The van der Waals surface area contributed by atoms with Gasteiger partial charge in [0.05, 0.1) is 12.4 Å². The van der Waals surface area contributed by atoms with E-state index in [1.165, 1.54) is 22.8 Å². The Balaban J connectivity index is 2.03. The van der Waals surface area contributed by atoms with Crippen LogP contribution in [0.5, 0.6) is 5.88 Å². The number of fused-ring (bicyclic) bond motifs is 1. The van der Waals surface area contributed by atoms with Gasteiger partial charge in [0.1, 0.15) is 16.9 Å². The average Bonchev–Trinajstić information content (AvgIpc) is 2.73. The minimum Gasteiger partial charge on any atom is -0.492 e. The Morgan fingerprint density at radius 3 is 3.00 bits per heavy atom. The van der Waals surface area contributed by atoms with Crippen LogP contribution in [0, 0.1) is 0 Å². The Labute approximate surface area is 120 Å². The highest BCUT2D eigenvalue weighted by Crippen LogP contribution is 2.28. The molecule has 0 atom stereocenters. The van der Waals surface area contributed by atoms with Crippen molar-refractivity contribution < 1.29 is 14.6 Å². The maximum atomic E-state index is 11.5. The Kier molecular flexibility index (Phi) is 4.78. The first-order valence-corrected chi connectivity index (χ1v) is 7.27. The van der Waals surface area contributed by atoms with Crippen molar-refractivity contribution in [1.29, 1.82) is 0 Å². The maximum absolute atomic E-state index is 11.5. The summed E-state index contributed by atoms with van der Waals surface area (Å²) in [7, 11) is 1.62. The van der Waals surface area contributed by atoms with Gasteiger partial charge in [-0.05, 0) is 6.42 Å². The molecule has 1 N–H and O–H groups in total. The molecule has 2 heterocycles. The number of carbonyl (C=O) groups is 1. The van der Waals surface area contributed by atoms with Crippen LogP contribution < -0.4 is 0 Å². The second-order valence-corrected chi connectivity index (χ2v) is 5.15. The van der Waals surface area contributed by atoms with Crippen LogP contribution in [0.4, 0.5) is 0 Å². The third-order valence-electron chi connectivity index (χ3n) is 2.64. The Hall–Kier alpha value is -1.83. The van der Waals surface area contributed by atoms with Crippen molar-refractivity contribution in [3.8, 4) is 5.88 Å². The first-order chi connectivity index (χ1) is 9.63. The summed E-state index contributed by atoms with van der Waals surface area (Å²) < 4.78 is 6.39. The Morgan fingerprint density at radius 1 is 1.45 bits per heavy atom. The number of esters is 1. The lowest BCUT2D eigenvalue weighted by atomic mass is 10.4. The van der Waals surface area contributed by atoms with Gasteiger partial charge in [0, 0.05) is 7.05 Å². The van der Waals surface area contributed by atoms with E-state index < -0.39 is 0 Å². The van der Waals surface area contributed by atoms with Crippen molar-refractivity contribution in [2.24, 2.45) is 7.05 Å². The molecule has 0 aromatic carbocycles. The quantitative estimate of drug-likeness (QED) is 0.374.